The van der Waals surface area contributed by atoms with Gasteiger partial charge < -0.3 is 4.90 Å². The Kier molecular flexibility index (Phi) is 4.44. The predicted molar refractivity (Wildman–Crippen MR) is 93.5 cm³/mol. The second-order valence-electron chi connectivity index (χ2n) is 5.64. The van der Waals surface area contributed by atoms with Gasteiger partial charge in [-0.15, -0.1) is 11.3 Å². The first-order valence-corrected chi connectivity index (χ1v) is 10.1. The third kappa shape index (κ3) is 3.00. The first-order valence-electron chi connectivity index (χ1n) is 7.69. The van der Waals surface area contributed by atoms with Crippen LogP contribution < -0.4 is 0 Å². The van der Waals surface area contributed by atoms with Gasteiger partial charge in [-0.3, -0.25) is 4.79 Å². The Labute approximate surface area is 140 Å². The van der Waals surface area contributed by atoms with Crippen molar-refractivity contribution in [1.29, 1.82) is 0 Å². The third-order valence-electron chi connectivity index (χ3n) is 4.32. The highest BCUT2D eigenvalue weighted by atomic mass is 32.2. The number of hydrogen-bond donors (Lipinski definition) is 0. The van der Waals surface area contributed by atoms with Crippen LogP contribution in [0.2, 0.25) is 0 Å². The monoisotopic (exact) mass is 352 g/mol. The number of thiophene rings is 1. The largest absolute Gasteiger partial charge is 0.335 e. The minimum atomic E-state index is -3.17. The highest BCUT2D eigenvalue weighted by Crippen LogP contribution is 2.31. The molecular weight excluding hydrogens is 332 g/mol. The highest BCUT2D eigenvalue weighted by molar-refractivity contribution is 7.89. The van der Waals surface area contributed by atoms with E-state index < -0.39 is 10.0 Å². The van der Waals surface area contributed by atoms with Crippen molar-refractivity contribution in [3.8, 4) is 0 Å². The Morgan fingerprint density at radius 2 is 1.83 bits per heavy atom. The van der Waals surface area contributed by atoms with Gasteiger partial charge >= 0.3 is 0 Å². The van der Waals surface area contributed by atoms with Gasteiger partial charge in [0.15, 0.2) is 0 Å². The number of amides is 1. The predicted octanol–water partition coefficient (Wildman–Crippen LogP) is 2.32. The standard InChI is InChI=1S/C16H20N2O3S2/c1-3-23(20,21)18-10-8-17(9-11-18)16(19)15-12(2)13-6-4-5-7-14(13)22-15/h4-7H,3,8-11H2,1-2H3. The lowest BCUT2D eigenvalue weighted by molar-refractivity contribution is 0.0702. The number of hydrogen-bond acceptors (Lipinski definition) is 4. The highest BCUT2D eigenvalue weighted by Gasteiger charge is 2.29. The fourth-order valence-electron chi connectivity index (χ4n) is 2.87. The summed E-state index contributed by atoms with van der Waals surface area (Å²) in [4.78, 5) is 15.3. The van der Waals surface area contributed by atoms with Gasteiger partial charge in [-0.1, -0.05) is 18.2 Å². The molecule has 1 fully saturated rings. The number of benzene rings is 1. The molecule has 1 amide bonds. The molecule has 3 rings (SSSR count). The molecule has 2 heterocycles. The molecule has 0 unspecified atom stereocenters. The SMILES string of the molecule is CCS(=O)(=O)N1CCN(C(=O)c2sc3ccccc3c2C)CC1. The van der Waals surface area contributed by atoms with Crippen LogP contribution >= 0.6 is 11.3 Å². The molecule has 0 spiro atoms. The van der Waals surface area contributed by atoms with Crippen LogP contribution in [0.25, 0.3) is 10.1 Å². The second kappa shape index (κ2) is 6.22. The Morgan fingerprint density at radius 3 is 2.43 bits per heavy atom. The van der Waals surface area contributed by atoms with E-state index in [1.807, 2.05) is 31.2 Å². The molecule has 1 aliphatic rings. The van der Waals surface area contributed by atoms with Gasteiger partial charge in [0.2, 0.25) is 10.0 Å². The number of sulfonamides is 1. The van der Waals surface area contributed by atoms with Crippen LogP contribution in [0.1, 0.15) is 22.2 Å². The van der Waals surface area contributed by atoms with E-state index >= 15 is 0 Å². The summed E-state index contributed by atoms with van der Waals surface area (Å²) in [5.41, 5.74) is 1.01. The smallest absolute Gasteiger partial charge is 0.264 e. The van der Waals surface area contributed by atoms with Crippen molar-refractivity contribution in [2.24, 2.45) is 0 Å². The van der Waals surface area contributed by atoms with Crippen molar-refractivity contribution in [2.75, 3.05) is 31.9 Å². The van der Waals surface area contributed by atoms with Crippen molar-refractivity contribution in [3.05, 3.63) is 34.7 Å². The fraction of sp³-hybridized carbons (Fsp3) is 0.438. The Bertz CT molecular complexity index is 834. The van der Waals surface area contributed by atoms with E-state index in [1.165, 1.54) is 15.6 Å². The van der Waals surface area contributed by atoms with Crippen molar-refractivity contribution >= 4 is 37.4 Å². The number of fused-ring (bicyclic) bond motifs is 1. The van der Waals surface area contributed by atoms with E-state index in [4.69, 9.17) is 0 Å². The zero-order valence-corrected chi connectivity index (χ0v) is 14.9. The van der Waals surface area contributed by atoms with Crippen LogP contribution in [0.4, 0.5) is 0 Å². The molecule has 0 saturated carbocycles. The lowest BCUT2D eigenvalue weighted by Crippen LogP contribution is -2.50. The van der Waals surface area contributed by atoms with Crippen molar-refractivity contribution in [2.45, 2.75) is 13.8 Å². The Hall–Kier alpha value is -1.44. The zero-order chi connectivity index (χ0) is 16.6. The molecule has 124 valence electrons. The molecule has 0 N–H and O–H groups in total. The van der Waals surface area contributed by atoms with Crippen LogP contribution in [0.3, 0.4) is 0 Å². The van der Waals surface area contributed by atoms with Crippen LogP contribution in [0, 0.1) is 6.92 Å². The van der Waals surface area contributed by atoms with E-state index in [0.717, 1.165) is 20.5 Å². The number of aryl methyl sites for hydroxylation is 1. The third-order valence-corrected chi connectivity index (χ3v) is 7.46. The molecule has 1 aromatic heterocycles. The molecule has 0 bridgehead atoms. The minimum Gasteiger partial charge on any atom is -0.335 e. The molecular formula is C16H20N2O3S2. The molecule has 1 saturated heterocycles. The topological polar surface area (TPSA) is 57.7 Å². The van der Waals surface area contributed by atoms with E-state index in [1.54, 1.807) is 11.8 Å². The normalized spacial score (nSPS) is 16.9. The lowest BCUT2D eigenvalue weighted by Gasteiger charge is -2.33. The maximum absolute atomic E-state index is 12.8. The van der Waals surface area contributed by atoms with Crippen LogP contribution in [-0.2, 0) is 10.0 Å². The first-order chi connectivity index (χ1) is 10.9. The van der Waals surface area contributed by atoms with Gasteiger partial charge in [0.25, 0.3) is 5.91 Å². The van der Waals surface area contributed by atoms with E-state index in [9.17, 15) is 13.2 Å². The summed E-state index contributed by atoms with van der Waals surface area (Å²) >= 11 is 1.51. The Morgan fingerprint density at radius 1 is 1.17 bits per heavy atom. The number of rotatable bonds is 3. The van der Waals surface area contributed by atoms with E-state index in [0.29, 0.717) is 26.2 Å². The van der Waals surface area contributed by atoms with Gasteiger partial charge in [-0.05, 0) is 30.9 Å². The number of carbonyl (C=O) groups is 1. The first kappa shape index (κ1) is 16.4. The molecule has 1 aliphatic heterocycles. The van der Waals surface area contributed by atoms with Crippen molar-refractivity contribution in [3.63, 3.8) is 0 Å². The molecule has 0 radical (unpaired) electrons. The van der Waals surface area contributed by atoms with Gasteiger partial charge in [0, 0.05) is 30.9 Å². The summed E-state index contributed by atoms with van der Waals surface area (Å²) in [6.07, 6.45) is 0. The summed E-state index contributed by atoms with van der Waals surface area (Å²) in [6.45, 7) is 5.28. The summed E-state index contributed by atoms with van der Waals surface area (Å²) in [5.74, 6) is 0.119. The van der Waals surface area contributed by atoms with E-state index in [-0.39, 0.29) is 11.7 Å². The van der Waals surface area contributed by atoms with Crippen LogP contribution in [0.5, 0.6) is 0 Å². The Balaban J connectivity index is 1.78. The quantitative estimate of drug-likeness (QED) is 0.852. The maximum Gasteiger partial charge on any atom is 0.264 e. The lowest BCUT2D eigenvalue weighted by atomic mass is 10.1. The average molecular weight is 352 g/mol. The zero-order valence-electron chi connectivity index (χ0n) is 13.3. The number of piperazine rings is 1. The molecule has 5 nitrogen and oxygen atoms in total. The van der Waals surface area contributed by atoms with Gasteiger partial charge in [-0.2, -0.15) is 4.31 Å². The maximum atomic E-state index is 12.8. The molecule has 0 aliphatic carbocycles. The average Bonchev–Trinajstić information content (AvgIpc) is 2.91. The molecule has 2 aromatic rings. The van der Waals surface area contributed by atoms with Crippen LogP contribution in [-0.4, -0.2) is 55.5 Å². The van der Waals surface area contributed by atoms with Crippen LogP contribution in [0.15, 0.2) is 24.3 Å². The molecule has 0 atom stereocenters. The van der Waals surface area contributed by atoms with Gasteiger partial charge in [-0.25, -0.2) is 8.42 Å². The minimum absolute atomic E-state index is 0.0113. The summed E-state index contributed by atoms with van der Waals surface area (Å²) in [6, 6.07) is 8.00. The van der Waals surface area contributed by atoms with Gasteiger partial charge in [0.05, 0.1) is 10.6 Å². The number of nitrogens with zero attached hydrogens (tertiary/aromatic N) is 2. The number of carbonyl (C=O) groups excluding carboxylic acids is 1. The van der Waals surface area contributed by atoms with E-state index in [2.05, 4.69) is 0 Å². The summed E-state index contributed by atoms with van der Waals surface area (Å²) in [7, 11) is -3.17. The van der Waals surface area contributed by atoms with Crippen molar-refractivity contribution < 1.29 is 13.2 Å². The molecule has 23 heavy (non-hydrogen) atoms. The molecule has 7 heteroatoms. The van der Waals surface area contributed by atoms with Gasteiger partial charge in [0.1, 0.15) is 0 Å². The molecule has 1 aromatic carbocycles. The summed E-state index contributed by atoms with van der Waals surface area (Å²) < 4.78 is 26.4. The summed E-state index contributed by atoms with van der Waals surface area (Å²) in [5, 5.41) is 1.12. The second-order valence-corrected chi connectivity index (χ2v) is 8.95. The fourth-order valence-corrected chi connectivity index (χ4v) is 5.14. The van der Waals surface area contributed by atoms with Crippen molar-refractivity contribution in [1.82, 2.24) is 9.21 Å².